The molecule has 0 saturated carbocycles. The van der Waals surface area contributed by atoms with Gasteiger partial charge in [-0.3, -0.25) is 63.6 Å². The van der Waals surface area contributed by atoms with Crippen molar-refractivity contribution in [3.8, 4) is 0 Å². The largest absolute Gasteiger partial charge is 0.370 e. The number of nitrogens with zero attached hydrogens (tertiary/aromatic N) is 3. The van der Waals surface area contributed by atoms with Gasteiger partial charge in [0.25, 0.3) is 0 Å². The van der Waals surface area contributed by atoms with Gasteiger partial charge in [0.2, 0.25) is 59.1 Å². The van der Waals surface area contributed by atoms with E-state index in [1.165, 1.54) is 0 Å². The number of hydroxylamine groups is 6. The quantitative estimate of drug-likeness (QED) is 0.0571. The van der Waals surface area contributed by atoms with Gasteiger partial charge >= 0.3 is 0 Å². The van der Waals surface area contributed by atoms with Gasteiger partial charge in [-0.25, -0.2) is 15.2 Å². The molecule has 350 valence electrons. The van der Waals surface area contributed by atoms with E-state index in [1.807, 2.05) is 0 Å². The lowest BCUT2D eigenvalue weighted by Gasteiger charge is -2.30. The average molecular weight is 891 g/mol. The molecule has 2 rings (SSSR count). The van der Waals surface area contributed by atoms with Crippen molar-refractivity contribution in [1.82, 2.24) is 47.1 Å². The predicted molar refractivity (Wildman–Crippen MR) is 220 cm³/mol. The van der Waals surface area contributed by atoms with Crippen molar-refractivity contribution in [2.45, 2.75) is 129 Å². The zero-order valence-electron chi connectivity index (χ0n) is 36.3. The molecule has 0 radical (unpaired) electrons. The maximum absolute atomic E-state index is 14.2. The highest BCUT2D eigenvalue weighted by molar-refractivity contribution is 5.99. The Morgan fingerprint density at radius 3 is 1.22 bits per heavy atom. The second-order valence-corrected chi connectivity index (χ2v) is 15.7. The molecule has 1 aromatic carbocycles. The summed E-state index contributed by atoms with van der Waals surface area (Å²) in [7, 11) is 0. The number of benzene rings is 1. The van der Waals surface area contributed by atoms with Crippen molar-refractivity contribution in [2.75, 3.05) is 19.6 Å². The van der Waals surface area contributed by atoms with Gasteiger partial charge in [-0.1, -0.05) is 44.2 Å². The number of carbonyl (C=O) groups excluding carboxylic acids is 10. The number of amides is 10. The second-order valence-electron chi connectivity index (χ2n) is 15.7. The van der Waals surface area contributed by atoms with Crippen molar-refractivity contribution >= 4 is 59.1 Å². The van der Waals surface area contributed by atoms with Crippen LogP contribution in [0, 0.1) is 5.92 Å². The molecule has 0 unspecified atom stereocenters. The molecule has 1 aliphatic rings. The van der Waals surface area contributed by atoms with Crippen LogP contribution in [0.3, 0.4) is 0 Å². The molecular formula is C40H62N10O13. The lowest BCUT2D eigenvalue weighted by molar-refractivity contribution is -0.163. The molecule has 23 nitrogen and oxygen atoms in total. The molecule has 10 amide bonds. The molecule has 0 aliphatic carbocycles. The lowest BCUT2D eigenvalue weighted by atomic mass is 9.99. The number of nitrogens with two attached hydrogens (primary N) is 1. The Labute approximate surface area is 365 Å². The molecule has 1 aliphatic heterocycles. The van der Waals surface area contributed by atoms with Crippen molar-refractivity contribution < 1.29 is 63.6 Å². The Balaban J connectivity index is 2.76. The van der Waals surface area contributed by atoms with Crippen molar-refractivity contribution in [1.29, 1.82) is 0 Å². The van der Waals surface area contributed by atoms with E-state index in [0.717, 1.165) is 20.8 Å². The molecule has 0 bridgehead atoms. The summed E-state index contributed by atoms with van der Waals surface area (Å²) in [6.45, 7) is 5.93. The van der Waals surface area contributed by atoms with Crippen molar-refractivity contribution in [2.24, 2.45) is 11.7 Å². The van der Waals surface area contributed by atoms with Crippen LogP contribution in [-0.4, -0.2) is 146 Å². The Morgan fingerprint density at radius 1 is 0.540 bits per heavy atom. The second kappa shape index (κ2) is 26.3. The number of nitrogens with one attached hydrogen (secondary N) is 6. The van der Waals surface area contributed by atoms with E-state index < -0.39 is 102 Å². The minimum Gasteiger partial charge on any atom is -0.370 e. The van der Waals surface area contributed by atoms with Gasteiger partial charge < -0.3 is 37.6 Å². The minimum absolute atomic E-state index is 0.0155. The highest BCUT2D eigenvalue weighted by Gasteiger charge is 2.36. The van der Waals surface area contributed by atoms with Gasteiger partial charge in [0, 0.05) is 46.8 Å². The van der Waals surface area contributed by atoms with Crippen LogP contribution in [0.5, 0.6) is 0 Å². The standard InChI is InChI=1S/C40H62N10O13/c1-23(2)20-31-38(58)46-32(21-27-12-7-6-8-13-27)39(59)44-29(15-10-18-49(62)25(4)52)36(56)42-28(14-9-17-48(61)24(3)51)35(55)43-30(16-11-19-50(63)26(5)53)37(57)47-33(22-34(41)54)40(60)45-31/h6-8,12-13,23,28-33,61-63H,9-11,14-22H2,1-5H3,(H2,41,54)(H,42,56)(H,43,55)(H,44,59)(H,45,60)(H,46,58)(H,47,57)/t28-,29-,30-,31-,32+,33-/m0/s1. The molecule has 23 heteroatoms. The van der Waals surface area contributed by atoms with Crippen LogP contribution in [-0.2, 0) is 54.4 Å². The zero-order valence-corrected chi connectivity index (χ0v) is 36.3. The van der Waals surface area contributed by atoms with Gasteiger partial charge in [0.15, 0.2) is 0 Å². The third-order valence-corrected chi connectivity index (χ3v) is 9.87. The summed E-state index contributed by atoms with van der Waals surface area (Å²) >= 11 is 0. The van der Waals surface area contributed by atoms with Crippen LogP contribution in [0.1, 0.15) is 91.5 Å². The number of primary amides is 1. The Hall–Kier alpha value is -6.20. The van der Waals surface area contributed by atoms with E-state index in [2.05, 4.69) is 31.9 Å². The summed E-state index contributed by atoms with van der Waals surface area (Å²) in [5.74, 6) is -9.06. The average Bonchev–Trinajstić information content (AvgIpc) is 3.20. The fraction of sp³-hybridized carbons (Fsp3) is 0.600. The topological polar surface area (TPSA) is 339 Å². The number of hydrogen-bond acceptors (Lipinski definition) is 13. The molecule has 0 spiro atoms. The van der Waals surface area contributed by atoms with Gasteiger partial charge in [0.1, 0.15) is 36.3 Å². The molecular weight excluding hydrogens is 828 g/mol. The van der Waals surface area contributed by atoms with Gasteiger partial charge in [0.05, 0.1) is 6.42 Å². The molecule has 63 heavy (non-hydrogen) atoms. The predicted octanol–water partition coefficient (Wildman–Crippen LogP) is -1.87. The maximum atomic E-state index is 14.2. The van der Waals surface area contributed by atoms with Crippen molar-refractivity contribution in [3.05, 3.63) is 35.9 Å². The fourth-order valence-electron chi connectivity index (χ4n) is 6.42. The Kier molecular flexibility index (Phi) is 22.1. The van der Waals surface area contributed by atoms with Crippen LogP contribution in [0.25, 0.3) is 0 Å². The van der Waals surface area contributed by atoms with E-state index in [-0.39, 0.29) is 76.9 Å². The Morgan fingerprint density at radius 2 is 0.857 bits per heavy atom. The molecule has 11 N–H and O–H groups in total. The molecule has 6 atom stereocenters. The molecule has 1 fully saturated rings. The van der Waals surface area contributed by atoms with Crippen LogP contribution >= 0.6 is 0 Å². The van der Waals surface area contributed by atoms with E-state index in [0.29, 0.717) is 20.8 Å². The highest BCUT2D eigenvalue weighted by Crippen LogP contribution is 2.12. The summed E-state index contributed by atoms with van der Waals surface area (Å²) in [5.41, 5.74) is 6.05. The van der Waals surface area contributed by atoms with Gasteiger partial charge in [-0.15, -0.1) is 0 Å². The first-order valence-corrected chi connectivity index (χ1v) is 20.6. The minimum atomic E-state index is -1.69. The zero-order chi connectivity index (χ0) is 47.4. The highest BCUT2D eigenvalue weighted by atomic mass is 16.5. The van der Waals surface area contributed by atoms with Crippen molar-refractivity contribution in [3.63, 3.8) is 0 Å². The van der Waals surface area contributed by atoms with E-state index in [4.69, 9.17) is 5.73 Å². The smallest absolute Gasteiger partial charge is 0.243 e. The summed E-state index contributed by atoms with van der Waals surface area (Å²) < 4.78 is 0. The summed E-state index contributed by atoms with van der Waals surface area (Å²) in [4.78, 5) is 132. The molecule has 1 saturated heterocycles. The van der Waals surface area contributed by atoms with Crippen LogP contribution in [0.2, 0.25) is 0 Å². The first-order chi connectivity index (χ1) is 29.6. The number of rotatable bonds is 18. The van der Waals surface area contributed by atoms with E-state index in [1.54, 1.807) is 44.2 Å². The Bertz CT molecular complexity index is 1780. The third kappa shape index (κ3) is 19.2. The van der Waals surface area contributed by atoms with Crippen LogP contribution in [0.4, 0.5) is 0 Å². The first-order valence-electron chi connectivity index (χ1n) is 20.6. The number of carbonyl (C=O) groups is 10. The fourth-order valence-corrected chi connectivity index (χ4v) is 6.42. The molecule has 1 aromatic rings. The third-order valence-electron chi connectivity index (χ3n) is 9.87. The lowest BCUT2D eigenvalue weighted by Crippen LogP contribution is -2.62. The molecule has 1 heterocycles. The maximum Gasteiger partial charge on any atom is 0.243 e. The normalized spacial score (nSPS) is 21.6. The first kappa shape index (κ1) is 52.9. The summed E-state index contributed by atoms with van der Waals surface area (Å²) in [6.07, 6.45) is -1.87. The van der Waals surface area contributed by atoms with Gasteiger partial charge in [-0.05, 0) is 56.4 Å². The van der Waals surface area contributed by atoms with Crippen LogP contribution in [0.15, 0.2) is 30.3 Å². The SMILES string of the molecule is CC(=O)N(O)CCC[C@@H]1NC(=O)[C@H](CCCN(O)C(C)=O)NC(=O)[C@H](CCCN(O)C(C)=O)NC(=O)[C@@H](Cc2ccccc2)NC(=O)[C@H](CC(C)C)NC(=O)[C@H](CC(N)=O)NC1=O. The van der Waals surface area contributed by atoms with E-state index in [9.17, 15) is 63.6 Å². The van der Waals surface area contributed by atoms with Gasteiger partial charge in [-0.2, -0.15) is 0 Å². The van der Waals surface area contributed by atoms with E-state index >= 15 is 0 Å². The summed E-state index contributed by atoms with van der Waals surface area (Å²) in [6, 6.07) is -0.468. The number of hydrogen-bond donors (Lipinski definition) is 10. The summed E-state index contributed by atoms with van der Waals surface area (Å²) in [5, 5.41) is 46.4. The molecule has 0 aromatic heterocycles. The monoisotopic (exact) mass is 890 g/mol. The van der Waals surface area contributed by atoms with Crippen LogP contribution < -0.4 is 37.6 Å².